The number of hydrogen-bond donors (Lipinski definition) is 0. The molecule has 7 heteroatoms. The summed E-state index contributed by atoms with van der Waals surface area (Å²) in [5, 5.41) is 0. The Morgan fingerprint density at radius 2 is 1.82 bits per heavy atom. The lowest BCUT2D eigenvalue weighted by Gasteiger charge is -2.43. The normalized spacial score (nSPS) is 23.0. The van der Waals surface area contributed by atoms with Crippen LogP contribution in [0.4, 0.5) is 0 Å². The monoisotopic (exact) mass is 449 g/mol. The summed E-state index contributed by atoms with van der Waals surface area (Å²) in [6.45, 7) is 1.29. The van der Waals surface area contributed by atoms with Gasteiger partial charge in [0.25, 0.3) is 5.91 Å². The van der Waals surface area contributed by atoms with Crippen molar-refractivity contribution in [3.8, 4) is 11.1 Å². The van der Waals surface area contributed by atoms with Crippen LogP contribution in [0.2, 0.25) is 0 Å². The Bertz CT molecular complexity index is 1040. The third-order valence-corrected chi connectivity index (χ3v) is 6.51. The summed E-state index contributed by atoms with van der Waals surface area (Å²) in [5.41, 5.74) is 1.97. The second-order valence-electron chi connectivity index (χ2n) is 9.22. The van der Waals surface area contributed by atoms with Gasteiger partial charge in [-0.15, -0.1) is 0 Å². The van der Waals surface area contributed by atoms with Crippen molar-refractivity contribution in [2.75, 3.05) is 47.4 Å². The van der Waals surface area contributed by atoms with E-state index in [9.17, 15) is 14.4 Å². The van der Waals surface area contributed by atoms with Gasteiger partial charge in [-0.25, -0.2) is 0 Å². The topological polar surface area (TPSA) is 70.2 Å². The summed E-state index contributed by atoms with van der Waals surface area (Å²) in [5.74, 6) is -0.626. The molecule has 0 spiro atoms. The van der Waals surface area contributed by atoms with Crippen molar-refractivity contribution in [2.45, 2.75) is 18.4 Å². The number of nitrogens with zero attached hydrogens (tertiary/aromatic N) is 3. The Morgan fingerprint density at radius 1 is 1.09 bits per heavy atom. The molecule has 2 atom stereocenters. The summed E-state index contributed by atoms with van der Waals surface area (Å²) in [6.07, 6.45) is 0.582. The first-order valence-corrected chi connectivity index (χ1v) is 11.3. The van der Waals surface area contributed by atoms with Crippen LogP contribution in [0.5, 0.6) is 0 Å². The van der Waals surface area contributed by atoms with E-state index in [1.165, 1.54) is 4.90 Å². The van der Waals surface area contributed by atoms with Gasteiger partial charge in [-0.1, -0.05) is 54.6 Å². The number of morpholine rings is 1. The molecule has 0 aliphatic carbocycles. The maximum absolute atomic E-state index is 13.4. The molecule has 2 aliphatic rings. The lowest BCUT2D eigenvalue weighted by Crippen LogP contribution is -2.62. The number of rotatable bonds is 5. The fraction of sp³-hybridized carbons (Fsp3) is 0.423. The van der Waals surface area contributed by atoms with Crippen LogP contribution >= 0.6 is 0 Å². The number of carbonyl (C=O) groups is 3. The summed E-state index contributed by atoms with van der Waals surface area (Å²) in [4.78, 5) is 43.4. The van der Waals surface area contributed by atoms with Crippen molar-refractivity contribution in [3.05, 3.63) is 60.2 Å². The summed E-state index contributed by atoms with van der Waals surface area (Å²) in [6, 6.07) is 18.2. The third-order valence-electron chi connectivity index (χ3n) is 6.51. The predicted octanol–water partition coefficient (Wildman–Crippen LogP) is 2.06. The average Bonchev–Trinajstić information content (AvgIpc) is 3.17. The van der Waals surface area contributed by atoms with Crippen LogP contribution in [0.25, 0.3) is 11.1 Å². The van der Waals surface area contributed by atoms with Crippen molar-refractivity contribution in [1.29, 1.82) is 0 Å². The first kappa shape index (κ1) is 23.0. The molecular weight excluding hydrogens is 418 g/mol. The van der Waals surface area contributed by atoms with Crippen LogP contribution in [0.15, 0.2) is 54.6 Å². The number of likely N-dealkylation sites (tertiary alicyclic amines) is 1. The Morgan fingerprint density at radius 3 is 2.48 bits per heavy atom. The van der Waals surface area contributed by atoms with Crippen molar-refractivity contribution < 1.29 is 19.1 Å². The Hall–Kier alpha value is -3.19. The lowest BCUT2D eigenvalue weighted by atomic mass is 9.89. The van der Waals surface area contributed by atoms with E-state index in [0.717, 1.165) is 16.7 Å². The van der Waals surface area contributed by atoms with Gasteiger partial charge in [-0.05, 0) is 16.7 Å². The van der Waals surface area contributed by atoms with Crippen molar-refractivity contribution in [3.63, 3.8) is 0 Å². The van der Waals surface area contributed by atoms with Gasteiger partial charge < -0.3 is 19.4 Å². The van der Waals surface area contributed by atoms with Crippen LogP contribution < -0.4 is 0 Å². The Labute approximate surface area is 194 Å². The number of hydrogen-bond acceptors (Lipinski definition) is 4. The predicted molar refractivity (Wildman–Crippen MR) is 125 cm³/mol. The smallest absolute Gasteiger partial charge is 0.256 e. The van der Waals surface area contributed by atoms with Gasteiger partial charge in [0.1, 0.15) is 0 Å². The minimum Gasteiger partial charge on any atom is -0.361 e. The molecule has 0 unspecified atom stereocenters. The van der Waals surface area contributed by atoms with Gasteiger partial charge >= 0.3 is 0 Å². The molecule has 0 N–H and O–H groups in total. The molecule has 2 fully saturated rings. The molecule has 0 radical (unpaired) electrons. The third kappa shape index (κ3) is 4.78. The van der Waals surface area contributed by atoms with Gasteiger partial charge in [0.15, 0.2) is 5.60 Å². The van der Waals surface area contributed by atoms with E-state index >= 15 is 0 Å². The molecule has 4 rings (SSSR count). The minimum atomic E-state index is -1.17. The molecule has 3 amide bonds. The maximum Gasteiger partial charge on any atom is 0.256 e. The zero-order chi connectivity index (χ0) is 23.6. The fourth-order valence-corrected chi connectivity index (χ4v) is 4.80. The maximum atomic E-state index is 13.4. The van der Waals surface area contributed by atoms with E-state index in [1.807, 2.05) is 36.4 Å². The molecule has 2 aromatic carbocycles. The van der Waals surface area contributed by atoms with Crippen LogP contribution in [-0.2, 0) is 25.5 Å². The molecule has 33 heavy (non-hydrogen) atoms. The zero-order valence-electron chi connectivity index (χ0n) is 19.5. The van der Waals surface area contributed by atoms with E-state index < -0.39 is 5.60 Å². The highest BCUT2D eigenvalue weighted by Crippen LogP contribution is 2.29. The number of ether oxygens (including phenoxy) is 1. The van der Waals surface area contributed by atoms with E-state index in [2.05, 4.69) is 18.2 Å². The fourth-order valence-electron chi connectivity index (χ4n) is 4.80. The summed E-state index contributed by atoms with van der Waals surface area (Å²) in [7, 11) is 5.13. The van der Waals surface area contributed by atoms with Crippen LogP contribution in [-0.4, -0.2) is 85.4 Å². The molecule has 0 bridgehead atoms. The van der Waals surface area contributed by atoms with Gasteiger partial charge in [-0.2, -0.15) is 0 Å². The number of likely N-dealkylation sites (N-methyl/N-ethyl adjacent to an activating group) is 1. The van der Waals surface area contributed by atoms with Crippen molar-refractivity contribution in [2.24, 2.45) is 5.92 Å². The largest absolute Gasteiger partial charge is 0.361 e. The molecule has 2 saturated heterocycles. The van der Waals surface area contributed by atoms with E-state index in [4.69, 9.17) is 4.74 Å². The van der Waals surface area contributed by atoms with Crippen molar-refractivity contribution >= 4 is 17.7 Å². The molecule has 174 valence electrons. The lowest BCUT2D eigenvalue weighted by molar-refractivity contribution is -0.173. The molecule has 2 aromatic rings. The van der Waals surface area contributed by atoms with E-state index in [1.54, 1.807) is 30.9 Å². The van der Waals surface area contributed by atoms with Gasteiger partial charge in [0.05, 0.1) is 19.1 Å². The standard InChI is InChI=1S/C26H31N3O4/c1-27(2)25(32)26(16-19-8-7-11-21(14-19)20-9-5-4-6-10-20)18-29(12-13-33-26)24(31)22-15-23(30)28(3)17-22/h4-11,14,22H,12-13,15-18H2,1-3H3/t22-,26+/m0/s1. The van der Waals surface area contributed by atoms with E-state index in [0.29, 0.717) is 19.5 Å². The Balaban J connectivity index is 1.60. The highest BCUT2D eigenvalue weighted by molar-refractivity contribution is 5.91. The zero-order valence-corrected chi connectivity index (χ0v) is 19.5. The molecular formula is C26H31N3O4. The first-order valence-electron chi connectivity index (χ1n) is 11.3. The highest BCUT2D eigenvalue weighted by Gasteiger charge is 2.47. The summed E-state index contributed by atoms with van der Waals surface area (Å²) >= 11 is 0. The quantitative estimate of drug-likeness (QED) is 0.701. The average molecular weight is 450 g/mol. The molecule has 0 saturated carbocycles. The molecule has 2 heterocycles. The second-order valence-corrected chi connectivity index (χ2v) is 9.22. The van der Waals surface area contributed by atoms with Crippen LogP contribution in [0.3, 0.4) is 0 Å². The van der Waals surface area contributed by atoms with Gasteiger partial charge in [0.2, 0.25) is 11.8 Å². The minimum absolute atomic E-state index is 0.0185. The van der Waals surface area contributed by atoms with Crippen molar-refractivity contribution in [1.82, 2.24) is 14.7 Å². The Kier molecular flexibility index (Phi) is 6.51. The summed E-state index contributed by atoms with van der Waals surface area (Å²) < 4.78 is 6.16. The highest BCUT2D eigenvalue weighted by atomic mass is 16.5. The molecule has 2 aliphatic heterocycles. The number of benzene rings is 2. The molecule has 7 nitrogen and oxygen atoms in total. The van der Waals surface area contributed by atoms with E-state index in [-0.39, 0.29) is 43.2 Å². The first-order chi connectivity index (χ1) is 15.8. The second kappa shape index (κ2) is 9.35. The van der Waals surface area contributed by atoms with Gasteiger partial charge in [0, 0.05) is 47.1 Å². The molecule has 0 aromatic heterocycles. The van der Waals surface area contributed by atoms with Crippen LogP contribution in [0, 0.1) is 5.92 Å². The SMILES string of the molecule is CN(C)C(=O)[C@@]1(Cc2cccc(-c3ccccc3)c2)CN(C(=O)[C@H]2CC(=O)N(C)C2)CCO1. The van der Waals surface area contributed by atoms with Crippen LogP contribution in [0.1, 0.15) is 12.0 Å². The number of amides is 3. The van der Waals surface area contributed by atoms with Gasteiger partial charge in [-0.3, -0.25) is 14.4 Å². The number of carbonyl (C=O) groups excluding carboxylic acids is 3.